The van der Waals surface area contributed by atoms with Crippen molar-refractivity contribution in [2.24, 2.45) is 0 Å². The van der Waals surface area contributed by atoms with Crippen molar-refractivity contribution in [3.8, 4) is 5.75 Å². The number of hydrogen-bond donors (Lipinski definition) is 1. The lowest BCUT2D eigenvalue weighted by Gasteiger charge is -2.33. The second-order valence-electron chi connectivity index (χ2n) is 8.84. The summed E-state index contributed by atoms with van der Waals surface area (Å²) in [5, 5.41) is 3.16. The molecule has 2 aromatic carbocycles. The van der Waals surface area contributed by atoms with Gasteiger partial charge in [0.15, 0.2) is 0 Å². The Kier molecular flexibility index (Phi) is 10.6. The maximum atomic E-state index is 13.7. The van der Waals surface area contributed by atoms with Gasteiger partial charge in [-0.25, -0.2) is 8.42 Å². The number of methoxy groups -OCH3 is 1. The van der Waals surface area contributed by atoms with Gasteiger partial charge in [0, 0.05) is 12.6 Å². The summed E-state index contributed by atoms with van der Waals surface area (Å²) in [5.74, 6) is -0.390. The number of hydrogen-bond acceptors (Lipinski definition) is 5. The number of aryl methyl sites for hydroxylation is 1. The predicted octanol–water partition coefficient (Wildman–Crippen LogP) is 4.15. The topological polar surface area (TPSA) is 96.0 Å². The molecule has 2 aromatic rings. The normalized spacial score (nSPS) is 13.0. The van der Waals surface area contributed by atoms with E-state index in [0.717, 1.165) is 28.1 Å². The molecule has 0 aromatic heterocycles. The van der Waals surface area contributed by atoms with Gasteiger partial charge in [-0.2, -0.15) is 0 Å². The van der Waals surface area contributed by atoms with E-state index in [2.05, 4.69) is 5.32 Å². The molecule has 2 atom stereocenters. The first-order valence-corrected chi connectivity index (χ1v) is 14.1. The average molecular weight is 538 g/mol. The van der Waals surface area contributed by atoms with E-state index >= 15 is 0 Å². The Labute approximate surface area is 219 Å². The Balaban J connectivity index is 2.45. The number of nitrogens with one attached hydrogen (secondary N) is 1. The molecule has 0 fully saturated rings. The number of halogens is 1. The van der Waals surface area contributed by atoms with Gasteiger partial charge < -0.3 is 15.0 Å². The average Bonchev–Trinajstić information content (AvgIpc) is 2.82. The summed E-state index contributed by atoms with van der Waals surface area (Å²) in [6.07, 6.45) is 2.14. The van der Waals surface area contributed by atoms with Crippen molar-refractivity contribution in [2.45, 2.75) is 59.2 Å². The van der Waals surface area contributed by atoms with Crippen LogP contribution in [0.4, 0.5) is 5.69 Å². The van der Waals surface area contributed by atoms with Crippen LogP contribution in [0, 0.1) is 6.92 Å². The number of amides is 2. The molecule has 0 aliphatic carbocycles. The number of sulfonamides is 1. The molecule has 0 aliphatic heterocycles. The standard InChI is InChI=1S/C26H36ClN3O5S/c1-7-19(4)28-26(32)23(8-2)29(16-20-11-9-18(3)10-12-20)25(31)17-30(36(6,33)34)21-13-14-24(35-5)22(27)15-21/h9-15,19,23H,7-8,16-17H2,1-6H3,(H,28,32)/t19-,23-/m0/s1. The van der Waals surface area contributed by atoms with E-state index in [1.807, 2.05) is 52.0 Å². The van der Waals surface area contributed by atoms with Crippen LogP contribution in [0.2, 0.25) is 5.02 Å². The summed E-state index contributed by atoms with van der Waals surface area (Å²) >= 11 is 6.22. The van der Waals surface area contributed by atoms with Crippen molar-refractivity contribution in [3.63, 3.8) is 0 Å². The minimum atomic E-state index is -3.85. The zero-order chi connectivity index (χ0) is 27.0. The molecule has 0 saturated heterocycles. The number of benzene rings is 2. The van der Waals surface area contributed by atoms with Gasteiger partial charge in [-0.15, -0.1) is 0 Å². The van der Waals surface area contributed by atoms with E-state index < -0.39 is 28.5 Å². The van der Waals surface area contributed by atoms with Crippen LogP contribution < -0.4 is 14.4 Å². The van der Waals surface area contributed by atoms with Gasteiger partial charge in [0.05, 0.1) is 24.1 Å². The molecule has 198 valence electrons. The molecule has 36 heavy (non-hydrogen) atoms. The van der Waals surface area contributed by atoms with E-state index in [1.54, 1.807) is 6.07 Å². The van der Waals surface area contributed by atoms with E-state index in [9.17, 15) is 18.0 Å². The molecule has 0 bridgehead atoms. The molecule has 0 aliphatic rings. The quantitative estimate of drug-likeness (QED) is 0.439. The fraction of sp³-hybridized carbons (Fsp3) is 0.462. The summed E-state index contributed by atoms with van der Waals surface area (Å²) in [7, 11) is -2.40. The Morgan fingerprint density at radius 3 is 2.22 bits per heavy atom. The van der Waals surface area contributed by atoms with E-state index in [0.29, 0.717) is 12.2 Å². The lowest BCUT2D eigenvalue weighted by Crippen LogP contribution is -2.53. The maximum Gasteiger partial charge on any atom is 0.244 e. The third kappa shape index (κ3) is 7.86. The first-order valence-electron chi connectivity index (χ1n) is 11.9. The summed E-state index contributed by atoms with van der Waals surface area (Å²) in [4.78, 5) is 28.3. The summed E-state index contributed by atoms with van der Waals surface area (Å²) in [6, 6.07) is 11.3. The summed E-state index contributed by atoms with van der Waals surface area (Å²) in [6.45, 7) is 7.33. The Morgan fingerprint density at radius 2 is 1.72 bits per heavy atom. The first kappa shape index (κ1) is 29.5. The molecular formula is C26H36ClN3O5S. The minimum Gasteiger partial charge on any atom is -0.495 e. The van der Waals surface area contributed by atoms with Gasteiger partial charge >= 0.3 is 0 Å². The molecule has 1 N–H and O–H groups in total. The Morgan fingerprint density at radius 1 is 1.08 bits per heavy atom. The fourth-order valence-electron chi connectivity index (χ4n) is 3.67. The molecule has 0 spiro atoms. The Bertz CT molecular complexity index is 1150. The van der Waals surface area contributed by atoms with E-state index in [-0.39, 0.29) is 29.2 Å². The van der Waals surface area contributed by atoms with Crippen molar-refractivity contribution in [1.82, 2.24) is 10.2 Å². The number of anilines is 1. The van der Waals surface area contributed by atoms with Crippen LogP contribution >= 0.6 is 11.6 Å². The predicted molar refractivity (Wildman–Crippen MR) is 144 cm³/mol. The summed E-state index contributed by atoms with van der Waals surface area (Å²) < 4.78 is 31.6. The van der Waals surface area contributed by atoms with Gasteiger partial charge in [-0.05, 0) is 50.5 Å². The van der Waals surface area contributed by atoms with Crippen molar-refractivity contribution in [3.05, 3.63) is 58.6 Å². The molecule has 2 rings (SSSR count). The number of rotatable bonds is 12. The molecular weight excluding hydrogens is 502 g/mol. The van der Waals surface area contributed by atoms with Crippen LogP contribution in [0.3, 0.4) is 0 Å². The zero-order valence-electron chi connectivity index (χ0n) is 21.7. The number of carbonyl (C=O) groups excluding carboxylic acids is 2. The van der Waals surface area contributed by atoms with Gasteiger partial charge in [0.1, 0.15) is 18.3 Å². The number of ether oxygens (including phenoxy) is 1. The van der Waals surface area contributed by atoms with Gasteiger partial charge in [0.2, 0.25) is 21.8 Å². The highest BCUT2D eigenvalue weighted by Crippen LogP contribution is 2.30. The highest BCUT2D eigenvalue weighted by molar-refractivity contribution is 7.92. The monoisotopic (exact) mass is 537 g/mol. The van der Waals surface area contributed by atoms with Gasteiger partial charge in [-0.3, -0.25) is 13.9 Å². The SMILES string of the molecule is CC[C@H](C)NC(=O)[C@H](CC)N(Cc1ccc(C)cc1)C(=O)CN(c1ccc(OC)c(Cl)c1)S(C)(=O)=O. The third-order valence-corrected chi connectivity index (χ3v) is 7.40. The highest BCUT2D eigenvalue weighted by Gasteiger charge is 2.32. The minimum absolute atomic E-state index is 0.0585. The molecule has 8 nitrogen and oxygen atoms in total. The molecule has 10 heteroatoms. The van der Waals surface area contributed by atoms with Crippen LogP contribution in [0.25, 0.3) is 0 Å². The zero-order valence-corrected chi connectivity index (χ0v) is 23.3. The van der Waals surface area contributed by atoms with Crippen LogP contribution in [0.5, 0.6) is 5.75 Å². The largest absolute Gasteiger partial charge is 0.495 e. The van der Waals surface area contributed by atoms with Crippen molar-refractivity contribution in [2.75, 3.05) is 24.2 Å². The van der Waals surface area contributed by atoms with E-state index in [1.165, 1.54) is 24.1 Å². The molecule has 0 radical (unpaired) electrons. The molecule has 0 saturated carbocycles. The van der Waals surface area contributed by atoms with Crippen molar-refractivity contribution < 1.29 is 22.7 Å². The maximum absolute atomic E-state index is 13.7. The van der Waals surface area contributed by atoms with Crippen LogP contribution in [0.15, 0.2) is 42.5 Å². The van der Waals surface area contributed by atoms with Gasteiger partial charge in [0.25, 0.3) is 0 Å². The van der Waals surface area contributed by atoms with E-state index in [4.69, 9.17) is 16.3 Å². The molecule has 0 heterocycles. The lowest BCUT2D eigenvalue weighted by molar-refractivity contribution is -0.140. The van der Waals surface area contributed by atoms with Gasteiger partial charge in [-0.1, -0.05) is 55.3 Å². The fourth-order valence-corrected chi connectivity index (χ4v) is 4.77. The second kappa shape index (κ2) is 13.0. The smallest absolute Gasteiger partial charge is 0.244 e. The summed E-state index contributed by atoms with van der Waals surface area (Å²) in [5.41, 5.74) is 2.13. The number of carbonyl (C=O) groups is 2. The Hall–Kier alpha value is -2.78. The molecule has 2 amide bonds. The van der Waals surface area contributed by atoms with Crippen molar-refractivity contribution in [1.29, 1.82) is 0 Å². The van der Waals surface area contributed by atoms with Crippen LogP contribution in [0.1, 0.15) is 44.7 Å². The second-order valence-corrected chi connectivity index (χ2v) is 11.2. The molecule has 0 unspecified atom stereocenters. The highest BCUT2D eigenvalue weighted by atomic mass is 35.5. The van der Waals surface area contributed by atoms with Crippen molar-refractivity contribution >= 4 is 39.1 Å². The first-order chi connectivity index (χ1) is 16.9. The van der Waals surface area contributed by atoms with Crippen LogP contribution in [-0.2, 0) is 26.2 Å². The number of nitrogens with zero attached hydrogens (tertiary/aromatic N) is 2. The lowest BCUT2D eigenvalue weighted by atomic mass is 10.1. The van der Waals surface area contributed by atoms with Crippen LogP contribution in [-0.4, -0.2) is 57.1 Å². The third-order valence-electron chi connectivity index (χ3n) is 5.96.